The van der Waals surface area contributed by atoms with Gasteiger partial charge in [0.1, 0.15) is 11.8 Å². The number of amides is 2. The molecule has 1 aliphatic heterocycles. The fraction of sp³-hybridized carbons (Fsp3) is 0.286. The Bertz CT molecular complexity index is 935. The molecule has 1 atom stereocenters. The van der Waals surface area contributed by atoms with Crippen LogP contribution in [0.3, 0.4) is 0 Å². The van der Waals surface area contributed by atoms with Crippen molar-refractivity contribution in [2.45, 2.75) is 25.8 Å². The topological polar surface area (TPSA) is 94.5 Å². The smallest absolute Gasteiger partial charge is 0.246 e. The lowest BCUT2D eigenvalue weighted by atomic mass is 10.2. The molecule has 2 aromatic rings. The molecule has 0 aliphatic carbocycles. The van der Waals surface area contributed by atoms with Gasteiger partial charge in [-0.05, 0) is 49.7 Å². The van der Waals surface area contributed by atoms with Crippen molar-refractivity contribution in [2.75, 3.05) is 29.2 Å². The van der Waals surface area contributed by atoms with E-state index < -0.39 is 6.04 Å². The first kappa shape index (κ1) is 19.2. The van der Waals surface area contributed by atoms with Crippen LogP contribution in [0.4, 0.5) is 17.1 Å². The van der Waals surface area contributed by atoms with Gasteiger partial charge in [0.15, 0.2) is 0 Å². The van der Waals surface area contributed by atoms with Gasteiger partial charge in [-0.25, -0.2) is 0 Å². The van der Waals surface area contributed by atoms with Gasteiger partial charge in [0, 0.05) is 24.3 Å². The normalized spacial score (nSPS) is 14.3. The van der Waals surface area contributed by atoms with Crippen LogP contribution >= 0.6 is 0 Å². The number of rotatable bonds is 6. The maximum Gasteiger partial charge on any atom is 0.246 e. The van der Waals surface area contributed by atoms with Crippen molar-refractivity contribution in [1.82, 2.24) is 0 Å². The predicted octanol–water partition coefficient (Wildman–Crippen LogP) is 3.13. The summed E-state index contributed by atoms with van der Waals surface area (Å²) < 4.78 is 5.39. The van der Waals surface area contributed by atoms with Gasteiger partial charge in [-0.1, -0.05) is 6.07 Å². The van der Waals surface area contributed by atoms with Crippen LogP contribution in [0.5, 0.6) is 5.75 Å². The third kappa shape index (κ3) is 4.23. The molecule has 3 rings (SSSR count). The Hall–Kier alpha value is -3.53. The molecule has 0 saturated carbocycles. The number of nitrogens with one attached hydrogen (secondary N) is 2. The zero-order chi connectivity index (χ0) is 20.1. The summed E-state index contributed by atoms with van der Waals surface area (Å²) in [6.45, 7) is 2.40. The van der Waals surface area contributed by atoms with Crippen LogP contribution in [0.25, 0.3) is 0 Å². The summed E-state index contributed by atoms with van der Waals surface area (Å²) in [6, 6.07) is 13.7. The summed E-state index contributed by atoms with van der Waals surface area (Å²) >= 11 is 0. The number of ether oxygens (including phenoxy) is 1. The molecule has 1 aliphatic rings. The largest absolute Gasteiger partial charge is 0.495 e. The van der Waals surface area contributed by atoms with E-state index >= 15 is 0 Å². The highest BCUT2D eigenvalue weighted by Gasteiger charge is 2.25. The Balaban J connectivity index is 1.72. The highest BCUT2D eigenvalue weighted by Crippen LogP contribution is 2.34. The number of carbonyl (C=O) groups is 2. The zero-order valence-electron chi connectivity index (χ0n) is 15.9. The van der Waals surface area contributed by atoms with Gasteiger partial charge in [0.25, 0.3) is 0 Å². The van der Waals surface area contributed by atoms with Gasteiger partial charge in [0.05, 0.1) is 24.4 Å². The Kier molecular flexibility index (Phi) is 5.80. The summed E-state index contributed by atoms with van der Waals surface area (Å²) in [7, 11) is 1.57. The minimum atomic E-state index is -0.527. The number of hydrogen-bond acceptors (Lipinski definition) is 5. The van der Waals surface area contributed by atoms with Gasteiger partial charge in [-0.2, -0.15) is 5.26 Å². The van der Waals surface area contributed by atoms with E-state index in [0.29, 0.717) is 41.3 Å². The summed E-state index contributed by atoms with van der Waals surface area (Å²) in [6.07, 6.45) is 1.35. The fourth-order valence-corrected chi connectivity index (χ4v) is 3.13. The molecule has 2 N–H and O–H groups in total. The molecule has 2 amide bonds. The number of methoxy groups -OCH3 is 1. The number of benzene rings is 2. The molecule has 2 aromatic carbocycles. The van der Waals surface area contributed by atoms with E-state index in [1.807, 2.05) is 18.2 Å². The van der Waals surface area contributed by atoms with Crippen LogP contribution in [0.15, 0.2) is 42.5 Å². The second-order valence-electron chi connectivity index (χ2n) is 6.58. The third-order valence-electron chi connectivity index (χ3n) is 4.58. The standard InChI is InChI=1S/C21H22N4O3/c1-14(21(27)24-16-6-3-5-15(11-16)13-22)23-17-8-9-19(28-2)18(12-17)25-10-4-7-20(25)26/h3,5-6,8-9,11-12,14,23H,4,7,10H2,1-2H3,(H,24,27). The van der Waals surface area contributed by atoms with Gasteiger partial charge < -0.3 is 20.3 Å². The van der Waals surface area contributed by atoms with Crippen molar-refractivity contribution in [1.29, 1.82) is 5.26 Å². The van der Waals surface area contributed by atoms with Crippen molar-refractivity contribution in [2.24, 2.45) is 0 Å². The van der Waals surface area contributed by atoms with E-state index in [2.05, 4.69) is 10.6 Å². The van der Waals surface area contributed by atoms with Crippen LogP contribution in [0.1, 0.15) is 25.3 Å². The van der Waals surface area contributed by atoms with Gasteiger partial charge >= 0.3 is 0 Å². The minimum absolute atomic E-state index is 0.0682. The molecule has 144 valence electrons. The molecule has 0 bridgehead atoms. The lowest BCUT2D eigenvalue weighted by Crippen LogP contribution is -2.32. The molecule has 1 saturated heterocycles. The Morgan fingerprint density at radius 3 is 2.75 bits per heavy atom. The van der Waals surface area contributed by atoms with E-state index in [4.69, 9.17) is 10.00 Å². The first-order valence-electron chi connectivity index (χ1n) is 9.08. The SMILES string of the molecule is COc1ccc(NC(C)C(=O)Nc2cccc(C#N)c2)cc1N1CCCC1=O. The van der Waals surface area contributed by atoms with E-state index in [0.717, 1.165) is 6.42 Å². The number of hydrogen-bond donors (Lipinski definition) is 2. The van der Waals surface area contributed by atoms with Crippen LogP contribution in [0.2, 0.25) is 0 Å². The lowest BCUT2D eigenvalue weighted by molar-refractivity contribution is -0.117. The van der Waals surface area contributed by atoms with Crippen molar-refractivity contribution in [3.05, 3.63) is 48.0 Å². The quantitative estimate of drug-likeness (QED) is 0.805. The van der Waals surface area contributed by atoms with Crippen LogP contribution < -0.4 is 20.3 Å². The lowest BCUT2D eigenvalue weighted by Gasteiger charge is -2.21. The van der Waals surface area contributed by atoms with Crippen molar-refractivity contribution in [3.8, 4) is 11.8 Å². The summed E-state index contributed by atoms with van der Waals surface area (Å²) in [5.41, 5.74) is 2.46. The maximum atomic E-state index is 12.5. The molecule has 0 radical (unpaired) electrons. The average Bonchev–Trinajstić information content (AvgIpc) is 3.13. The molecule has 0 spiro atoms. The van der Waals surface area contributed by atoms with Crippen LogP contribution in [-0.2, 0) is 9.59 Å². The van der Waals surface area contributed by atoms with Crippen LogP contribution in [-0.4, -0.2) is 31.5 Å². The second kappa shape index (κ2) is 8.44. The van der Waals surface area contributed by atoms with Crippen LogP contribution in [0, 0.1) is 11.3 Å². The Labute approximate surface area is 163 Å². The molecule has 1 fully saturated rings. The third-order valence-corrected chi connectivity index (χ3v) is 4.58. The molecule has 1 heterocycles. The van der Waals surface area contributed by atoms with E-state index in [1.165, 1.54) is 0 Å². The first-order valence-corrected chi connectivity index (χ1v) is 9.08. The molecule has 28 heavy (non-hydrogen) atoms. The molecule has 7 heteroatoms. The van der Waals surface area contributed by atoms with Gasteiger partial charge in [-0.15, -0.1) is 0 Å². The Morgan fingerprint density at radius 1 is 1.25 bits per heavy atom. The highest BCUT2D eigenvalue weighted by atomic mass is 16.5. The zero-order valence-corrected chi connectivity index (χ0v) is 15.9. The summed E-state index contributed by atoms with van der Waals surface area (Å²) in [4.78, 5) is 26.3. The summed E-state index contributed by atoms with van der Waals surface area (Å²) in [5.74, 6) is 0.453. The average molecular weight is 378 g/mol. The summed E-state index contributed by atoms with van der Waals surface area (Å²) in [5, 5.41) is 14.9. The molecule has 0 aromatic heterocycles. The predicted molar refractivity (Wildman–Crippen MR) is 107 cm³/mol. The molecule has 7 nitrogen and oxygen atoms in total. The number of nitriles is 1. The second-order valence-corrected chi connectivity index (χ2v) is 6.58. The maximum absolute atomic E-state index is 12.5. The monoisotopic (exact) mass is 378 g/mol. The minimum Gasteiger partial charge on any atom is -0.495 e. The van der Waals surface area contributed by atoms with Crippen molar-refractivity contribution in [3.63, 3.8) is 0 Å². The first-order chi connectivity index (χ1) is 13.5. The van der Waals surface area contributed by atoms with Gasteiger partial charge in [-0.3, -0.25) is 9.59 Å². The van der Waals surface area contributed by atoms with Gasteiger partial charge in [0.2, 0.25) is 11.8 Å². The molecule has 1 unspecified atom stereocenters. The van der Waals surface area contributed by atoms with Crippen molar-refractivity contribution >= 4 is 28.9 Å². The van der Waals surface area contributed by atoms with E-state index in [1.54, 1.807) is 49.3 Å². The van der Waals surface area contributed by atoms with E-state index in [9.17, 15) is 9.59 Å². The Morgan fingerprint density at radius 2 is 2.07 bits per heavy atom. The number of nitrogens with zero attached hydrogens (tertiary/aromatic N) is 2. The highest BCUT2D eigenvalue weighted by molar-refractivity contribution is 5.98. The van der Waals surface area contributed by atoms with Crippen molar-refractivity contribution < 1.29 is 14.3 Å². The number of anilines is 3. The molecular weight excluding hydrogens is 356 g/mol. The van der Waals surface area contributed by atoms with E-state index in [-0.39, 0.29) is 11.8 Å². The fourth-order valence-electron chi connectivity index (χ4n) is 3.13. The number of carbonyl (C=O) groups excluding carboxylic acids is 2. The molecular formula is C21H22N4O3.